The maximum absolute atomic E-state index is 12.8. The normalized spacial score (nSPS) is 11.3. The molecule has 2 heterocycles. The van der Waals surface area contributed by atoms with Crippen molar-refractivity contribution in [2.45, 2.75) is 18.7 Å². The molecule has 30 heavy (non-hydrogen) atoms. The second-order valence-electron chi connectivity index (χ2n) is 6.56. The van der Waals surface area contributed by atoms with Crippen molar-refractivity contribution < 1.29 is 13.2 Å². The molecule has 0 aliphatic rings. The average Bonchev–Trinajstić information content (AvgIpc) is 3.07. The number of H-pyrrole nitrogens is 1. The van der Waals surface area contributed by atoms with Crippen LogP contribution in [0.3, 0.4) is 0 Å². The number of hydrogen-bond donors (Lipinski definition) is 2. The van der Waals surface area contributed by atoms with Gasteiger partial charge in [-0.1, -0.05) is 36.4 Å². The lowest BCUT2D eigenvalue weighted by Crippen LogP contribution is -2.15. The van der Waals surface area contributed by atoms with E-state index < -0.39 is 10.0 Å². The summed E-state index contributed by atoms with van der Waals surface area (Å²) in [6.45, 7) is 3.70. The van der Waals surface area contributed by atoms with Crippen LogP contribution >= 0.6 is 0 Å². The number of nitrogens with zero attached hydrogens (tertiary/aromatic N) is 3. The molecule has 4 rings (SSSR count). The molecule has 2 aromatic heterocycles. The first kappa shape index (κ1) is 19.6. The molecule has 0 fully saturated rings. The van der Waals surface area contributed by atoms with Gasteiger partial charge in [0.25, 0.3) is 10.0 Å². The van der Waals surface area contributed by atoms with Gasteiger partial charge in [-0.3, -0.25) is 5.10 Å². The molecule has 152 valence electrons. The van der Waals surface area contributed by atoms with Crippen LogP contribution in [0.5, 0.6) is 11.6 Å². The molecule has 0 unspecified atom stereocenters. The van der Waals surface area contributed by atoms with E-state index in [1.807, 2.05) is 32.0 Å². The maximum Gasteiger partial charge on any atom is 0.264 e. The van der Waals surface area contributed by atoms with Crippen LogP contribution in [-0.4, -0.2) is 28.6 Å². The van der Waals surface area contributed by atoms with E-state index in [4.69, 9.17) is 4.74 Å². The van der Waals surface area contributed by atoms with Gasteiger partial charge in [0.05, 0.1) is 16.3 Å². The number of nitrogens with one attached hydrogen (secondary N) is 2. The van der Waals surface area contributed by atoms with Gasteiger partial charge in [-0.25, -0.2) is 18.1 Å². The largest absolute Gasteiger partial charge is 0.439 e. The second kappa shape index (κ2) is 7.96. The van der Waals surface area contributed by atoms with Crippen LogP contribution in [0, 0.1) is 13.8 Å². The third kappa shape index (κ3) is 4.15. The number of ether oxygens (including phenoxy) is 1. The van der Waals surface area contributed by atoms with E-state index in [-0.39, 0.29) is 16.7 Å². The highest BCUT2D eigenvalue weighted by Gasteiger charge is 2.19. The van der Waals surface area contributed by atoms with Crippen LogP contribution in [0.15, 0.2) is 71.6 Å². The molecule has 0 spiro atoms. The minimum Gasteiger partial charge on any atom is -0.439 e. The van der Waals surface area contributed by atoms with Gasteiger partial charge in [0.15, 0.2) is 0 Å². The molecule has 0 bridgehead atoms. The molecule has 0 radical (unpaired) electrons. The van der Waals surface area contributed by atoms with Crippen LogP contribution in [0.25, 0.3) is 11.3 Å². The molecule has 0 saturated heterocycles. The predicted molar refractivity (Wildman–Crippen MR) is 113 cm³/mol. The topological polar surface area (TPSA) is 110 Å². The highest BCUT2D eigenvalue weighted by molar-refractivity contribution is 7.92. The standard InChI is InChI=1S/C21H19N5O3S/c1-14-20(15(2)25-24-14)18-13-19(29-16-9-5-3-6-10-16)23-21(22-18)26-30(27,28)17-11-7-4-8-12-17/h3-13H,1-2H3,(H,24,25)(H,22,23,26). The molecule has 0 saturated carbocycles. The van der Waals surface area contributed by atoms with Gasteiger partial charge >= 0.3 is 0 Å². The molecule has 2 N–H and O–H groups in total. The number of rotatable bonds is 6. The van der Waals surface area contributed by atoms with Gasteiger partial charge in [0.2, 0.25) is 11.8 Å². The number of benzene rings is 2. The molecule has 8 nitrogen and oxygen atoms in total. The van der Waals surface area contributed by atoms with Crippen LogP contribution in [0.1, 0.15) is 11.4 Å². The van der Waals surface area contributed by atoms with Crippen molar-refractivity contribution in [2.24, 2.45) is 0 Å². The Bertz CT molecular complexity index is 1250. The van der Waals surface area contributed by atoms with E-state index in [1.54, 1.807) is 36.4 Å². The Kier molecular flexibility index (Phi) is 5.20. The summed E-state index contributed by atoms with van der Waals surface area (Å²) in [4.78, 5) is 8.77. The zero-order valence-corrected chi connectivity index (χ0v) is 17.1. The fourth-order valence-electron chi connectivity index (χ4n) is 2.97. The Morgan fingerprint density at radius 3 is 2.23 bits per heavy atom. The van der Waals surface area contributed by atoms with Crippen LogP contribution in [0.4, 0.5) is 5.95 Å². The summed E-state index contributed by atoms with van der Waals surface area (Å²) >= 11 is 0. The summed E-state index contributed by atoms with van der Waals surface area (Å²) in [7, 11) is -3.86. The lowest BCUT2D eigenvalue weighted by Gasteiger charge is -2.11. The summed E-state index contributed by atoms with van der Waals surface area (Å²) in [5.41, 5.74) is 2.78. The van der Waals surface area contributed by atoms with E-state index in [2.05, 4.69) is 24.9 Å². The summed E-state index contributed by atoms with van der Waals surface area (Å²) in [5.74, 6) is 0.680. The molecular formula is C21H19N5O3S. The monoisotopic (exact) mass is 421 g/mol. The van der Waals surface area contributed by atoms with E-state index in [1.165, 1.54) is 12.1 Å². The Balaban J connectivity index is 1.77. The first-order valence-electron chi connectivity index (χ1n) is 9.14. The van der Waals surface area contributed by atoms with E-state index in [0.717, 1.165) is 17.0 Å². The number of anilines is 1. The highest BCUT2D eigenvalue weighted by Crippen LogP contribution is 2.29. The third-order valence-corrected chi connectivity index (χ3v) is 5.68. The third-order valence-electron chi connectivity index (χ3n) is 4.33. The van der Waals surface area contributed by atoms with Crippen molar-refractivity contribution in [3.05, 3.63) is 78.1 Å². The molecular weight excluding hydrogens is 402 g/mol. The van der Waals surface area contributed by atoms with Crippen molar-refractivity contribution in [3.63, 3.8) is 0 Å². The second-order valence-corrected chi connectivity index (χ2v) is 8.24. The number of sulfonamides is 1. The summed E-state index contributed by atoms with van der Waals surface area (Å²) in [5, 5.41) is 7.10. The fraction of sp³-hybridized carbons (Fsp3) is 0.0952. The molecule has 4 aromatic rings. The van der Waals surface area contributed by atoms with Gasteiger partial charge in [-0.2, -0.15) is 10.1 Å². The smallest absolute Gasteiger partial charge is 0.264 e. The number of para-hydroxylation sites is 1. The highest BCUT2D eigenvalue weighted by atomic mass is 32.2. The Morgan fingerprint density at radius 1 is 0.933 bits per heavy atom. The van der Waals surface area contributed by atoms with Gasteiger partial charge in [0, 0.05) is 17.3 Å². The summed E-state index contributed by atoms with van der Waals surface area (Å²) in [6.07, 6.45) is 0. The first-order chi connectivity index (χ1) is 14.4. The Labute approximate surface area is 174 Å². The average molecular weight is 421 g/mol. The van der Waals surface area contributed by atoms with Crippen molar-refractivity contribution >= 4 is 16.0 Å². The SMILES string of the molecule is Cc1n[nH]c(C)c1-c1cc(Oc2ccccc2)nc(NS(=O)(=O)c2ccccc2)n1. The molecule has 0 atom stereocenters. The van der Waals surface area contributed by atoms with Crippen molar-refractivity contribution in [3.8, 4) is 22.9 Å². The zero-order chi connectivity index (χ0) is 21.1. The van der Waals surface area contributed by atoms with Gasteiger partial charge in [0.1, 0.15) is 5.75 Å². The molecule has 9 heteroatoms. The van der Waals surface area contributed by atoms with Gasteiger partial charge in [-0.15, -0.1) is 0 Å². The van der Waals surface area contributed by atoms with Crippen molar-refractivity contribution in [2.75, 3.05) is 4.72 Å². The Hall–Kier alpha value is -3.72. The van der Waals surface area contributed by atoms with Crippen LogP contribution < -0.4 is 9.46 Å². The van der Waals surface area contributed by atoms with Gasteiger partial charge in [-0.05, 0) is 38.1 Å². The summed E-state index contributed by atoms with van der Waals surface area (Å²) < 4.78 is 33.8. The molecule has 0 aliphatic carbocycles. The zero-order valence-electron chi connectivity index (χ0n) is 16.3. The lowest BCUT2D eigenvalue weighted by molar-refractivity contribution is 0.463. The Morgan fingerprint density at radius 2 is 1.60 bits per heavy atom. The quantitative estimate of drug-likeness (QED) is 0.485. The molecule has 2 aromatic carbocycles. The summed E-state index contributed by atoms with van der Waals surface area (Å²) in [6, 6.07) is 18.8. The van der Waals surface area contributed by atoms with Gasteiger partial charge < -0.3 is 4.74 Å². The first-order valence-corrected chi connectivity index (χ1v) is 10.6. The minimum atomic E-state index is -3.86. The predicted octanol–water partition coefficient (Wildman–Crippen LogP) is 4.08. The van der Waals surface area contributed by atoms with E-state index >= 15 is 0 Å². The lowest BCUT2D eigenvalue weighted by atomic mass is 10.1. The fourth-order valence-corrected chi connectivity index (χ4v) is 3.93. The minimum absolute atomic E-state index is 0.0951. The number of aryl methyl sites for hydroxylation is 2. The van der Waals surface area contributed by atoms with E-state index in [0.29, 0.717) is 11.4 Å². The number of hydrogen-bond acceptors (Lipinski definition) is 6. The van der Waals surface area contributed by atoms with Crippen LogP contribution in [0.2, 0.25) is 0 Å². The number of aromatic nitrogens is 4. The van der Waals surface area contributed by atoms with Crippen molar-refractivity contribution in [1.29, 1.82) is 0 Å². The van der Waals surface area contributed by atoms with Crippen LogP contribution in [-0.2, 0) is 10.0 Å². The molecule has 0 amide bonds. The maximum atomic E-state index is 12.8. The van der Waals surface area contributed by atoms with Crippen molar-refractivity contribution in [1.82, 2.24) is 20.2 Å². The number of aromatic amines is 1. The van der Waals surface area contributed by atoms with E-state index in [9.17, 15) is 8.42 Å². The molecule has 0 aliphatic heterocycles.